The van der Waals surface area contributed by atoms with Gasteiger partial charge in [0.2, 0.25) is 11.8 Å². The van der Waals surface area contributed by atoms with Gasteiger partial charge in [-0.2, -0.15) is 9.97 Å². The molecule has 2 aromatic rings. The van der Waals surface area contributed by atoms with Gasteiger partial charge in [-0.25, -0.2) is 4.99 Å². The largest absolute Gasteiger partial charge is 0.439 e. The zero-order valence-corrected chi connectivity index (χ0v) is 11.0. The maximum Gasteiger partial charge on any atom is 0.226 e. The number of nitrogens with zero attached hydrogens (tertiary/aromatic N) is 3. The Morgan fingerprint density at radius 3 is 2.70 bits per heavy atom. The fourth-order valence-corrected chi connectivity index (χ4v) is 1.37. The van der Waals surface area contributed by atoms with E-state index in [1.54, 1.807) is 12.3 Å². The summed E-state index contributed by atoms with van der Waals surface area (Å²) < 4.78 is 5.59. The Morgan fingerprint density at radius 1 is 1.25 bits per heavy atom. The second-order valence-corrected chi connectivity index (χ2v) is 4.01. The summed E-state index contributed by atoms with van der Waals surface area (Å²) in [6, 6.07) is 10.9. The van der Waals surface area contributed by atoms with Gasteiger partial charge in [-0.3, -0.25) is 0 Å². The molecule has 1 heterocycles. The van der Waals surface area contributed by atoms with Crippen LogP contribution in [0.15, 0.2) is 53.2 Å². The average molecular weight is 269 g/mol. The highest BCUT2D eigenvalue weighted by atomic mass is 16.5. The lowest BCUT2D eigenvalue weighted by atomic mass is 10.3. The maximum absolute atomic E-state index is 5.64. The average Bonchev–Trinajstić information content (AvgIpc) is 2.45. The smallest absolute Gasteiger partial charge is 0.226 e. The molecule has 2 rings (SSSR count). The van der Waals surface area contributed by atoms with E-state index in [9.17, 15) is 0 Å². The Kier molecular flexibility index (Phi) is 4.28. The van der Waals surface area contributed by atoms with Crippen molar-refractivity contribution in [2.24, 2.45) is 10.7 Å². The molecule has 0 aliphatic carbocycles. The van der Waals surface area contributed by atoms with E-state index in [1.807, 2.05) is 37.3 Å². The first kappa shape index (κ1) is 13.5. The third-order valence-corrected chi connectivity index (χ3v) is 2.34. The van der Waals surface area contributed by atoms with Gasteiger partial charge in [-0.15, -0.1) is 0 Å². The van der Waals surface area contributed by atoms with E-state index in [4.69, 9.17) is 16.2 Å². The lowest BCUT2D eigenvalue weighted by Gasteiger charge is -2.05. The second-order valence-electron chi connectivity index (χ2n) is 4.01. The maximum atomic E-state index is 5.64. The molecular weight excluding hydrogens is 254 g/mol. The molecule has 20 heavy (non-hydrogen) atoms. The van der Waals surface area contributed by atoms with Crippen molar-refractivity contribution in [2.45, 2.75) is 6.92 Å². The minimum Gasteiger partial charge on any atom is -0.439 e. The molecular formula is C14H15N5O. The second kappa shape index (κ2) is 6.33. The van der Waals surface area contributed by atoms with Crippen LogP contribution in [0.5, 0.6) is 11.6 Å². The zero-order valence-electron chi connectivity index (χ0n) is 11.0. The number of rotatable bonds is 4. The predicted octanol–water partition coefficient (Wildman–Crippen LogP) is 2.42. The van der Waals surface area contributed by atoms with E-state index in [1.165, 1.54) is 6.20 Å². The predicted molar refractivity (Wildman–Crippen MR) is 79.1 cm³/mol. The van der Waals surface area contributed by atoms with E-state index >= 15 is 0 Å². The van der Waals surface area contributed by atoms with Gasteiger partial charge in [0.25, 0.3) is 0 Å². The van der Waals surface area contributed by atoms with Gasteiger partial charge in [0.05, 0.1) is 0 Å². The van der Waals surface area contributed by atoms with Gasteiger partial charge >= 0.3 is 0 Å². The number of nitrogen functional groups attached to an aromatic ring is 1. The minimum absolute atomic E-state index is 0.0972. The van der Waals surface area contributed by atoms with Crippen LogP contribution in [-0.2, 0) is 0 Å². The van der Waals surface area contributed by atoms with Crippen LogP contribution in [0.2, 0.25) is 0 Å². The number of benzene rings is 1. The zero-order chi connectivity index (χ0) is 14.4. The van der Waals surface area contributed by atoms with Crippen LogP contribution < -0.4 is 16.2 Å². The Morgan fingerprint density at radius 2 is 2.00 bits per heavy atom. The molecule has 0 aliphatic heterocycles. The molecule has 0 saturated heterocycles. The highest BCUT2D eigenvalue weighted by molar-refractivity contribution is 5.79. The molecule has 0 aliphatic rings. The first-order valence-corrected chi connectivity index (χ1v) is 5.97. The molecule has 6 heteroatoms. The van der Waals surface area contributed by atoms with Crippen molar-refractivity contribution in [1.29, 1.82) is 0 Å². The molecule has 0 bridgehead atoms. The van der Waals surface area contributed by atoms with Crippen molar-refractivity contribution >= 4 is 18.0 Å². The van der Waals surface area contributed by atoms with Gasteiger partial charge < -0.3 is 16.2 Å². The number of para-hydroxylation sites is 1. The molecule has 1 aromatic heterocycles. The van der Waals surface area contributed by atoms with Gasteiger partial charge in [-0.05, 0) is 30.8 Å². The van der Waals surface area contributed by atoms with E-state index in [2.05, 4.69) is 15.0 Å². The fraction of sp³-hybridized carbons (Fsp3) is 0.0714. The fourth-order valence-electron chi connectivity index (χ4n) is 1.37. The molecule has 102 valence electrons. The minimum atomic E-state index is 0.0972. The van der Waals surface area contributed by atoms with Crippen molar-refractivity contribution < 1.29 is 4.74 Å². The van der Waals surface area contributed by atoms with Crippen molar-refractivity contribution in [3.05, 3.63) is 48.2 Å². The number of hydrogen-bond donors (Lipinski definition) is 2. The van der Waals surface area contributed by atoms with Crippen molar-refractivity contribution in [2.75, 3.05) is 5.73 Å². The lowest BCUT2D eigenvalue weighted by molar-refractivity contribution is 0.463. The molecule has 0 fully saturated rings. The third-order valence-electron chi connectivity index (χ3n) is 2.34. The number of nitrogens with two attached hydrogens (primary N) is 2. The Bertz CT molecular complexity index is 637. The number of anilines is 1. The summed E-state index contributed by atoms with van der Waals surface area (Å²) in [6.45, 7) is 1.83. The van der Waals surface area contributed by atoms with Crippen LogP contribution in [0, 0.1) is 0 Å². The standard InChI is InChI=1S/C14H15N5O/c1-10(8-15)9-17-12-7-13(19-14(16)18-12)20-11-5-3-2-4-6-11/h2-9H,15H2,1H3,(H2,16,18,19)/b10-8-,17-9+. The summed E-state index contributed by atoms with van der Waals surface area (Å²) in [5, 5.41) is 0. The Labute approximate surface area is 116 Å². The van der Waals surface area contributed by atoms with Crippen molar-refractivity contribution in [3.63, 3.8) is 0 Å². The summed E-state index contributed by atoms with van der Waals surface area (Å²) in [5.74, 6) is 1.51. The molecule has 0 amide bonds. The third kappa shape index (κ3) is 3.81. The summed E-state index contributed by atoms with van der Waals surface area (Å²) >= 11 is 0. The van der Waals surface area contributed by atoms with E-state index in [-0.39, 0.29) is 5.95 Å². The normalized spacial score (nSPS) is 11.8. The number of ether oxygens (including phenoxy) is 1. The number of aliphatic imine (C=N–C) groups is 1. The Balaban J connectivity index is 2.23. The molecule has 0 unspecified atom stereocenters. The van der Waals surface area contributed by atoms with E-state index < -0.39 is 0 Å². The van der Waals surface area contributed by atoms with Gasteiger partial charge in [0, 0.05) is 12.3 Å². The quantitative estimate of drug-likeness (QED) is 0.830. The van der Waals surface area contributed by atoms with Crippen LogP contribution in [-0.4, -0.2) is 16.2 Å². The monoisotopic (exact) mass is 269 g/mol. The molecule has 0 atom stereocenters. The summed E-state index contributed by atoms with van der Waals surface area (Å²) in [5.41, 5.74) is 11.8. The summed E-state index contributed by atoms with van der Waals surface area (Å²) in [6.07, 6.45) is 3.05. The van der Waals surface area contributed by atoms with Gasteiger partial charge in [0.1, 0.15) is 5.75 Å². The molecule has 0 radical (unpaired) electrons. The lowest BCUT2D eigenvalue weighted by Crippen LogP contribution is -1.97. The van der Waals surface area contributed by atoms with Crippen LogP contribution in [0.1, 0.15) is 6.92 Å². The molecule has 4 N–H and O–H groups in total. The number of aromatic nitrogens is 2. The molecule has 0 saturated carbocycles. The molecule has 6 nitrogen and oxygen atoms in total. The first-order valence-electron chi connectivity index (χ1n) is 5.97. The number of allylic oxidation sites excluding steroid dienone is 1. The van der Waals surface area contributed by atoms with Gasteiger partial charge in [0.15, 0.2) is 5.82 Å². The number of hydrogen-bond acceptors (Lipinski definition) is 6. The van der Waals surface area contributed by atoms with E-state index in [0.717, 1.165) is 5.57 Å². The molecule has 1 aromatic carbocycles. The molecule has 0 spiro atoms. The van der Waals surface area contributed by atoms with Crippen molar-refractivity contribution in [1.82, 2.24) is 9.97 Å². The summed E-state index contributed by atoms with van der Waals surface area (Å²) in [4.78, 5) is 12.2. The van der Waals surface area contributed by atoms with Crippen LogP contribution in [0.3, 0.4) is 0 Å². The van der Waals surface area contributed by atoms with Crippen LogP contribution >= 0.6 is 0 Å². The van der Waals surface area contributed by atoms with Gasteiger partial charge in [-0.1, -0.05) is 18.2 Å². The van der Waals surface area contributed by atoms with Crippen LogP contribution in [0.25, 0.3) is 0 Å². The topological polar surface area (TPSA) is 99.4 Å². The highest BCUT2D eigenvalue weighted by Gasteiger charge is 2.03. The van der Waals surface area contributed by atoms with Crippen LogP contribution in [0.4, 0.5) is 11.8 Å². The summed E-state index contributed by atoms with van der Waals surface area (Å²) in [7, 11) is 0. The van der Waals surface area contributed by atoms with E-state index in [0.29, 0.717) is 17.4 Å². The Hall–Kier alpha value is -2.89. The highest BCUT2D eigenvalue weighted by Crippen LogP contribution is 2.23. The first-order chi connectivity index (χ1) is 9.67. The SMILES string of the molecule is CC(=C/N)/C=N/c1cc(Oc2ccccc2)nc(N)n1. The van der Waals surface area contributed by atoms with Crippen molar-refractivity contribution in [3.8, 4) is 11.6 Å².